The van der Waals surface area contributed by atoms with Gasteiger partial charge in [0.15, 0.2) is 4.34 Å². The summed E-state index contributed by atoms with van der Waals surface area (Å²) >= 11 is 2.75. The summed E-state index contributed by atoms with van der Waals surface area (Å²) in [5, 5.41) is 23.4. The minimum atomic E-state index is -0.330. The molecule has 0 aliphatic carbocycles. The van der Waals surface area contributed by atoms with E-state index in [-0.39, 0.29) is 11.2 Å². The molecule has 1 atom stereocenters. The Morgan fingerprint density at radius 1 is 1.12 bits per heavy atom. The van der Waals surface area contributed by atoms with Gasteiger partial charge in [-0.05, 0) is 43.3 Å². The number of nitriles is 1. The van der Waals surface area contributed by atoms with Crippen LogP contribution in [-0.4, -0.2) is 21.4 Å². The fraction of sp³-hybridized carbons (Fsp3) is 0.111. The van der Waals surface area contributed by atoms with Gasteiger partial charge in [-0.2, -0.15) is 5.26 Å². The van der Waals surface area contributed by atoms with Gasteiger partial charge in [0.05, 0.1) is 16.9 Å². The summed E-state index contributed by atoms with van der Waals surface area (Å²) < 4.78 is 0.714. The van der Waals surface area contributed by atoms with Crippen molar-refractivity contribution in [2.45, 2.75) is 16.5 Å². The molecule has 8 heteroatoms. The maximum absolute atomic E-state index is 12.3. The standard InChI is InChI=1S/C18H15N5OS2/c1-12(16(24)20-15-9-7-13(11-19)8-10-15)25-18-23-22-17(26-18)21-14-5-3-2-4-6-14/h2-10,12H,1H3,(H,20,24)(H,21,22)/t12-/m0/s1. The molecule has 0 saturated carbocycles. The first kappa shape index (κ1) is 17.9. The third kappa shape index (κ3) is 4.81. The molecule has 3 aromatic rings. The Morgan fingerprint density at radius 3 is 2.54 bits per heavy atom. The van der Waals surface area contributed by atoms with Crippen LogP contribution in [0.2, 0.25) is 0 Å². The van der Waals surface area contributed by atoms with Crippen LogP contribution in [-0.2, 0) is 4.79 Å². The van der Waals surface area contributed by atoms with Crippen molar-refractivity contribution < 1.29 is 4.79 Å². The van der Waals surface area contributed by atoms with Gasteiger partial charge in [-0.25, -0.2) is 0 Å². The highest BCUT2D eigenvalue weighted by molar-refractivity contribution is 8.02. The molecule has 0 radical (unpaired) electrons. The number of amides is 1. The SMILES string of the molecule is C[C@H](Sc1nnc(Nc2ccccc2)s1)C(=O)Nc1ccc(C#N)cc1. The number of thioether (sulfide) groups is 1. The van der Waals surface area contributed by atoms with Gasteiger partial charge in [0.2, 0.25) is 11.0 Å². The fourth-order valence-corrected chi connectivity index (χ4v) is 3.95. The van der Waals surface area contributed by atoms with Crippen LogP contribution in [0.15, 0.2) is 58.9 Å². The molecule has 0 fully saturated rings. The van der Waals surface area contributed by atoms with E-state index < -0.39 is 0 Å². The lowest BCUT2D eigenvalue weighted by Crippen LogP contribution is -2.22. The molecule has 1 heterocycles. The lowest BCUT2D eigenvalue weighted by molar-refractivity contribution is -0.115. The van der Waals surface area contributed by atoms with E-state index >= 15 is 0 Å². The largest absolute Gasteiger partial charge is 0.330 e. The maximum Gasteiger partial charge on any atom is 0.237 e. The summed E-state index contributed by atoms with van der Waals surface area (Å²) in [5.41, 5.74) is 2.15. The summed E-state index contributed by atoms with van der Waals surface area (Å²) in [4.78, 5) is 12.3. The maximum atomic E-state index is 12.3. The van der Waals surface area contributed by atoms with Crippen LogP contribution >= 0.6 is 23.1 Å². The van der Waals surface area contributed by atoms with Crippen molar-refractivity contribution >= 4 is 45.5 Å². The first-order valence-corrected chi connectivity index (χ1v) is 9.47. The molecule has 1 amide bonds. The Balaban J connectivity index is 1.56. The summed E-state index contributed by atoms with van der Waals surface area (Å²) in [7, 11) is 0. The third-order valence-corrected chi connectivity index (χ3v) is 5.38. The lowest BCUT2D eigenvalue weighted by atomic mass is 10.2. The molecule has 0 spiro atoms. The van der Waals surface area contributed by atoms with Crippen LogP contribution in [0.5, 0.6) is 0 Å². The number of hydrogen-bond donors (Lipinski definition) is 2. The topological polar surface area (TPSA) is 90.7 Å². The van der Waals surface area contributed by atoms with Gasteiger partial charge in [0.25, 0.3) is 0 Å². The Bertz CT molecular complexity index is 919. The molecule has 0 aliphatic heterocycles. The number of hydrogen-bond acceptors (Lipinski definition) is 7. The molecule has 26 heavy (non-hydrogen) atoms. The van der Waals surface area contributed by atoms with Gasteiger partial charge >= 0.3 is 0 Å². The van der Waals surface area contributed by atoms with E-state index in [2.05, 4.69) is 20.8 Å². The number of nitrogens with one attached hydrogen (secondary N) is 2. The monoisotopic (exact) mass is 381 g/mol. The first-order valence-electron chi connectivity index (χ1n) is 7.77. The van der Waals surface area contributed by atoms with Gasteiger partial charge in [-0.15, -0.1) is 10.2 Å². The average molecular weight is 381 g/mol. The molecular weight excluding hydrogens is 366 g/mol. The highest BCUT2D eigenvalue weighted by Gasteiger charge is 2.17. The van der Waals surface area contributed by atoms with Crippen molar-refractivity contribution in [3.05, 3.63) is 60.2 Å². The van der Waals surface area contributed by atoms with Gasteiger partial charge in [0.1, 0.15) is 0 Å². The molecule has 0 bridgehead atoms. The fourth-order valence-electron chi connectivity index (χ4n) is 2.03. The molecule has 3 rings (SSSR count). The van der Waals surface area contributed by atoms with Crippen molar-refractivity contribution in [1.29, 1.82) is 5.26 Å². The molecule has 6 nitrogen and oxygen atoms in total. The minimum absolute atomic E-state index is 0.132. The summed E-state index contributed by atoms with van der Waals surface area (Å²) in [6.45, 7) is 1.81. The van der Waals surface area contributed by atoms with Crippen LogP contribution in [0.25, 0.3) is 0 Å². The Morgan fingerprint density at radius 2 is 1.85 bits per heavy atom. The van der Waals surface area contributed by atoms with Gasteiger partial charge in [0, 0.05) is 11.4 Å². The van der Waals surface area contributed by atoms with Crippen molar-refractivity contribution in [3.63, 3.8) is 0 Å². The summed E-state index contributed by atoms with van der Waals surface area (Å²) in [6, 6.07) is 18.5. The molecule has 2 aromatic carbocycles. The number of rotatable bonds is 6. The van der Waals surface area contributed by atoms with Crippen molar-refractivity contribution in [1.82, 2.24) is 10.2 Å². The number of nitrogens with zero attached hydrogens (tertiary/aromatic N) is 3. The van der Waals surface area contributed by atoms with E-state index in [1.165, 1.54) is 23.1 Å². The summed E-state index contributed by atoms with van der Waals surface area (Å²) in [5.74, 6) is -0.132. The molecule has 130 valence electrons. The molecule has 0 saturated heterocycles. The number of para-hydroxylation sites is 1. The zero-order valence-electron chi connectivity index (χ0n) is 13.8. The Labute approximate surface area is 159 Å². The van der Waals surface area contributed by atoms with E-state index in [0.717, 1.165) is 5.69 Å². The molecule has 0 unspecified atom stereocenters. The highest BCUT2D eigenvalue weighted by atomic mass is 32.2. The second-order valence-corrected chi connectivity index (χ2v) is 7.87. The van der Waals surface area contributed by atoms with Crippen molar-refractivity contribution in [2.24, 2.45) is 0 Å². The quantitative estimate of drug-likeness (QED) is 0.620. The van der Waals surface area contributed by atoms with Gasteiger partial charge in [-0.3, -0.25) is 4.79 Å². The number of benzene rings is 2. The predicted molar refractivity (Wildman–Crippen MR) is 105 cm³/mol. The van der Waals surface area contributed by atoms with E-state index in [9.17, 15) is 4.79 Å². The number of aromatic nitrogens is 2. The molecular formula is C18H15N5OS2. The second kappa shape index (κ2) is 8.47. The van der Waals surface area contributed by atoms with Gasteiger partial charge < -0.3 is 10.6 Å². The molecule has 1 aromatic heterocycles. The summed E-state index contributed by atoms with van der Waals surface area (Å²) in [6.07, 6.45) is 0. The number of anilines is 3. The van der Waals surface area contributed by atoms with E-state index in [1.807, 2.05) is 43.3 Å². The lowest BCUT2D eigenvalue weighted by Gasteiger charge is -2.10. The van der Waals surface area contributed by atoms with Gasteiger partial charge in [-0.1, -0.05) is 41.3 Å². The van der Waals surface area contributed by atoms with Crippen LogP contribution in [0.3, 0.4) is 0 Å². The third-order valence-electron chi connectivity index (χ3n) is 3.36. The van der Waals surface area contributed by atoms with E-state index in [4.69, 9.17) is 5.26 Å². The Kier molecular flexibility index (Phi) is 5.84. The van der Waals surface area contributed by atoms with Crippen LogP contribution in [0.1, 0.15) is 12.5 Å². The van der Waals surface area contributed by atoms with E-state index in [0.29, 0.717) is 20.7 Å². The Hall–Kier alpha value is -2.89. The molecule has 2 N–H and O–H groups in total. The van der Waals surface area contributed by atoms with Crippen molar-refractivity contribution in [2.75, 3.05) is 10.6 Å². The zero-order valence-corrected chi connectivity index (χ0v) is 15.5. The zero-order chi connectivity index (χ0) is 18.4. The predicted octanol–water partition coefficient (Wildman–Crippen LogP) is 4.27. The minimum Gasteiger partial charge on any atom is -0.330 e. The second-order valence-electron chi connectivity index (χ2n) is 5.30. The first-order chi connectivity index (χ1) is 12.6. The smallest absolute Gasteiger partial charge is 0.237 e. The normalized spacial score (nSPS) is 11.4. The number of carbonyl (C=O) groups excluding carboxylic acids is 1. The van der Waals surface area contributed by atoms with E-state index in [1.54, 1.807) is 24.3 Å². The van der Waals surface area contributed by atoms with Crippen LogP contribution in [0.4, 0.5) is 16.5 Å². The van der Waals surface area contributed by atoms with Crippen LogP contribution in [0, 0.1) is 11.3 Å². The van der Waals surface area contributed by atoms with Crippen molar-refractivity contribution in [3.8, 4) is 6.07 Å². The average Bonchev–Trinajstić information content (AvgIpc) is 3.10. The number of carbonyl (C=O) groups is 1. The highest BCUT2D eigenvalue weighted by Crippen LogP contribution is 2.30. The van der Waals surface area contributed by atoms with Crippen LogP contribution < -0.4 is 10.6 Å². The molecule has 0 aliphatic rings.